The molecule has 0 bridgehead atoms. The molecule has 0 aliphatic heterocycles. The van der Waals surface area contributed by atoms with Crippen LogP contribution in [0.4, 0.5) is 5.82 Å². The van der Waals surface area contributed by atoms with Crippen LogP contribution in [0.2, 0.25) is 0 Å². The highest BCUT2D eigenvalue weighted by Crippen LogP contribution is 2.30. The molecule has 108 valence electrons. The van der Waals surface area contributed by atoms with Gasteiger partial charge in [0.15, 0.2) is 0 Å². The molecule has 1 heterocycles. The minimum absolute atomic E-state index is 0.216. The van der Waals surface area contributed by atoms with Crippen LogP contribution in [-0.4, -0.2) is 27.1 Å². The number of fused-ring (bicyclic) bond motifs is 1. The van der Waals surface area contributed by atoms with Gasteiger partial charge in [0.2, 0.25) is 0 Å². The number of carboxylic acid groups (broad SMARTS) is 1. The normalized spacial score (nSPS) is 20.4. The number of aryl methyl sites for hydroxylation is 1. The number of nitrogens with one attached hydrogen (secondary N) is 1. The van der Waals surface area contributed by atoms with E-state index in [2.05, 4.69) is 15.3 Å². The summed E-state index contributed by atoms with van der Waals surface area (Å²) in [5.41, 5.74) is 2.20. The van der Waals surface area contributed by atoms with Crippen LogP contribution in [0.3, 0.4) is 0 Å². The van der Waals surface area contributed by atoms with Gasteiger partial charge in [-0.25, -0.2) is 14.8 Å². The second kappa shape index (κ2) is 5.77. The Morgan fingerprint density at radius 2 is 2.00 bits per heavy atom. The van der Waals surface area contributed by atoms with E-state index in [1.54, 1.807) is 6.33 Å². The average molecular weight is 275 g/mol. The first kappa shape index (κ1) is 13.3. The third-order valence-electron chi connectivity index (χ3n) is 4.55. The Labute approximate surface area is 118 Å². The van der Waals surface area contributed by atoms with Gasteiger partial charge in [-0.05, 0) is 38.0 Å². The van der Waals surface area contributed by atoms with Crippen LogP contribution in [0.1, 0.15) is 49.8 Å². The van der Waals surface area contributed by atoms with Gasteiger partial charge in [-0.3, -0.25) is 0 Å². The van der Waals surface area contributed by atoms with Crippen LogP contribution in [0.5, 0.6) is 0 Å². The van der Waals surface area contributed by atoms with Crippen LogP contribution in [0.25, 0.3) is 0 Å². The van der Waals surface area contributed by atoms with Gasteiger partial charge in [0.1, 0.15) is 18.2 Å². The molecule has 0 radical (unpaired) electrons. The maximum absolute atomic E-state index is 11.6. The number of aliphatic carboxylic acids is 1. The zero-order valence-electron chi connectivity index (χ0n) is 11.6. The van der Waals surface area contributed by atoms with Gasteiger partial charge in [0, 0.05) is 11.3 Å². The van der Waals surface area contributed by atoms with Crippen molar-refractivity contribution in [3.63, 3.8) is 0 Å². The largest absolute Gasteiger partial charge is 0.480 e. The molecular formula is C15H21N3O2. The van der Waals surface area contributed by atoms with Gasteiger partial charge in [-0.15, -0.1) is 0 Å². The summed E-state index contributed by atoms with van der Waals surface area (Å²) >= 11 is 0. The van der Waals surface area contributed by atoms with E-state index in [-0.39, 0.29) is 5.92 Å². The van der Waals surface area contributed by atoms with Crippen LogP contribution in [0.15, 0.2) is 6.33 Å². The van der Waals surface area contributed by atoms with Gasteiger partial charge in [0.25, 0.3) is 0 Å². The monoisotopic (exact) mass is 275 g/mol. The maximum Gasteiger partial charge on any atom is 0.326 e. The fraction of sp³-hybridized carbons (Fsp3) is 0.667. The Kier molecular flexibility index (Phi) is 3.85. The highest BCUT2D eigenvalue weighted by molar-refractivity contribution is 5.77. The lowest BCUT2D eigenvalue weighted by molar-refractivity contribution is -0.139. The molecule has 1 fully saturated rings. The molecule has 5 nitrogen and oxygen atoms in total. The van der Waals surface area contributed by atoms with Crippen molar-refractivity contribution in [3.8, 4) is 0 Å². The molecule has 1 unspecified atom stereocenters. The van der Waals surface area contributed by atoms with E-state index in [4.69, 9.17) is 0 Å². The molecule has 5 heteroatoms. The van der Waals surface area contributed by atoms with Gasteiger partial charge in [-0.1, -0.05) is 19.3 Å². The van der Waals surface area contributed by atoms with E-state index >= 15 is 0 Å². The molecule has 20 heavy (non-hydrogen) atoms. The van der Waals surface area contributed by atoms with Crippen molar-refractivity contribution in [2.75, 3.05) is 5.32 Å². The standard InChI is InChI=1S/C15H21N3O2/c19-15(20)13(10-5-2-1-3-6-10)18-14-11-7-4-8-12(11)16-9-17-14/h9-10,13H,1-8H2,(H,19,20)(H,16,17,18). The number of rotatable bonds is 4. The third kappa shape index (κ3) is 2.62. The zero-order chi connectivity index (χ0) is 13.9. The zero-order valence-corrected chi connectivity index (χ0v) is 11.6. The quantitative estimate of drug-likeness (QED) is 0.882. The lowest BCUT2D eigenvalue weighted by atomic mass is 9.84. The molecule has 1 saturated carbocycles. The molecule has 2 N–H and O–H groups in total. The van der Waals surface area contributed by atoms with E-state index in [9.17, 15) is 9.90 Å². The van der Waals surface area contributed by atoms with Crippen molar-refractivity contribution in [2.45, 2.75) is 57.4 Å². The number of aromatic nitrogens is 2. The number of hydrogen-bond donors (Lipinski definition) is 2. The van der Waals surface area contributed by atoms with Crippen molar-refractivity contribution in [3.05, 3.63) is 17.6 Å². The van der Waals surface area contributed by atoms with E-state index in [0.29, 0.717) is 0 Å². The molecule has 1 atom stereocenters. The fourth-order valence-electron chi connectivity index (χ4n) is 3.48. The van der Waals surface area contributed by atoms with Crippen molar-refractivity contribution in [1.82, 2.24) is 9.97 Å². The predicted molar refractivity (Wildman–Crippen MR) is 75.7 cm³/mol. The Hall–Kier alpha value is -1.65. The van der Waals surface area contributed by atoms with Crippen molar-refractivity contribution in [2.24, 2.45) is 5.92 Å². The average Bonchev–Trinajstić information content (AvgIpc) is 2.94. The van der Waals surface area contributed by atoms with E-state index in [0.717, 1.165) is 62.0 Å². The van der Waals surface area contributed by atoms with Crippen LogP contribution >= 0.6 is 0 Å². The number of hydrogen-bond acceptors (Lipinski definition) is 4. The summed E-state index contributed by atoms with van der Waals surface area (Å²) in [6, 6.07) is -0.519. The van der Waals surface area contributed by atoms with Crippen molar-refractivity contribution in [1.29, 1.82) is 0 Å². The Balaban J connectivity index is 1.80. The van der Waals surface area contributed by atoms with E-state index in [1.165, 1.54) is 6.42 Å². The molecule has 0 saturated heterocycles. The van der Waals surface area contributed by atoms with Crippen molar-refractivity contribution >= 4 is 11.8 Å². The predicted octanol–water partition coefficient (Wildman–Crippen LogP) is 2.41. The second-order valence-electron chi connectivity index (χ2n) is 5.86. The Bertz CT molecular complexity index is 498. The first-order valence-electron chi connectivity index (χ1n) is 7.58. The summed E-state index contributed by atoms with van der Waals surface area (Å²) in [7, 11) is 0. The fourth-order valence-corrected chi connectivity index (χ4v) is 3.48. The maximum atomic E-state index is 11.6. The van der Waals surface area contributed by atoms with Gasteiger partial charge in [0.05, 0.1) is 0 Å². The Morgan fingerprint density at radius 1 is 1.20 bits per heavy atom. The van der Waals surface area contributed by atoms with Crippen LogP contribution in [0, 0.1) is 5.92 Å². The van der Waals surface area contributed by atoms with Gasteiger partial charge >= 0.3 is 5.97 Å². The third-order valence-corrected chi connectivity index (χ3v) is 4.55. The lowest BCUT2D eigenvalue weighted by Crippen LogP contribution is -2.38. The second-order valence-corrected chi connectivity index (χ2v) is 5.86. The minimum Gasteiger partial charge on any atom is -0.480 e. The SMILES string of the molecule is O=C(O)C(Nc1ncnc2c1CCC2)C1CCCCC1. The molecular weight excluding hydrogens is 254 g/mol. The number of carboxylic acids is 1. The molecule has 1 aromatic heterocycles. The van der Waals surface area contributed by atoms with E-state index < -0.39 is 12.0 Å². The number of nitrogens with zero attached hydrogens (tertiary/aromatic N) is 2. The molecule has 0 amide bonds. The highest BCUT2D eigenvalue weighted by atomic mass is 16.4. The van der Waals surface area contributed by atoms with Gasteiger partial charge in [-0.2, -0.15) is 0 Å². The molecule has 3 rings (SSSR count). The lowest BCUT2D eigenvalue weighted by Gasteiger charge is -2.28. The molecule has 2 aliphatic carbocycles. The topological polar surface area (TPSA) is 75.1 Å². The molecule has 0 aromatic carbocycles. The first-order valence-corrected chi connectivity index (χ1v) is 7.58. The molecule has 2 aliphatic rings. The molecule has 0 spiro atoms. The summed E-state index contributed by atoms with van der Waals surface area (Å²) in [4.78, 5) is 20.2. The van der Waals surface area contributed by atoms with E-state index in [1.807, 2.05) is 0 Å². The molecule has 1 aromatic rings. The number of anilines is 1. The summed E-state index contributed by atoms with van der Waals surface area (Å²) in [5, 5.41) is 12.7. The summed E-state index contributed by atoms with van der Waals surface area (Å²) in [6.45, 7) is 0. The summed E-state index contributed by atoms with van der Waals surface area (Å²) < 4.78 is 0. The minimum atomic E-state index is -0.762. The van der Waals surface area contributed by atoms with Crippen LogP contribution in [-0.2, 0) is 17.6 Å². The first-order chi connectivity index (χ1) is 9.75. The summed E-state index contributed by atoms with van der Waals surface area (Å²) in [6.07, 6.45) is 10.1. The Morgan fingerprint density at radius 3 is 2.75 bits per heavy atom. The summed E-state index contributed by atoms with van der Waals surface area (Å²) in [5.74, 6) is 0.195. The van der Waals surface area contributed by atoms with Gasteiger partial charge < -0.3 is 10.4 Å². The smallest absolute Gasteiger partial charge is 0.326 e. The number of carbonyl (C=O) groups is 1. The van der Waals surface area contributed by atoms with Crippen molar-refractivity contribution < 1.29 is 9.90 Å². The highest BCUT2D eigenvalue weighted by Gasteiger charge is 2.31. The van der Waals surface area contributed by atoms with Crippen LogP contribution < -0.4 is 5.32 Å².